The molecule has 0 heterocycles. The van der Waals surface area contributed by atoms with Crippen molar-refractivity contribution < 1.29 is 4.39 Å². The van der Waals surface area contributed by atoms with E-state index in [1.165, 1.54) is 6.07 Å². The summed E-state index contributed by atoms with van der Waals surface area (Å²) < 4.78 is 13.6. The summed E-state index contributed by atoms with van der Waals surface area (Å²) in [4.78, 5) is 0. The molecule has 1 aliphatic carbocycles. The van der Waals surface area contributed by atoms with Gasteiger partial charge in [-0.15, -0.1) is 0 Å². The van der Waals surface area contributed by atoms with Gasteiger partial charge in [-0.05, 0) is 31.4 Å². The van der Waals surface area contributed by atoms with Crippen molar-refractivity contribution in [2.24, 2.45) is 5.73 Å². The number of halogens is 1. The summed E-state index contributed by atoms with van der Waals surface area (Å²) in [5.74, 6) is -0.302. The van der Waals surface area contributed by atoms with Crippen molar-refractivity contribution in [1.29, 1.82) is 5.26 Å². The molecule has 15 heavy (non-hydrogen) atoms. The smallest absolute Gasteiger partial charge is 0.128 e. The molecule has 0 aromatic heterocycles. The van der Waals surface area contributed by atoms with Crippen LogP contribution in [0.2, 0.25) is 0 Å². The minimum atomic E-state index is -0.419. The molecule has 0 spiro atoms. The van der Waals surface area contributed by atoms with Gasteiger partial charge in [-0.2, -0.15) is 5.26 Å². The van der Waals surface area contributed by atoms with Crippen molar-refractivity contribution in [3.63, 3.8) is 0 Å². The molecule has 1 fully saturated rings. The fourth-order valence-electron chi connectivity index (χ4n) is 1.78. The van der Waals surface area contributed by atoms with Crippen LogP contribution in [0, 0.1) is 17.1 Å². The first kappa shape index (κ1) is 10.1. The second-order valence-corrected chi connectivity index (χ2v) is 4.22. The highest BCUT2D eigenvalue weighted by atomic mass is 19.1. The summed E-state index contributed by atoms with van der Waals surface area (Å²) >= 11 is 0. The van der Waals surface area contributed by atoms with Gasteiger partial charge in [0.1, 0.15) is 5.82 Å². The molecule has 0 saturated heterocycles. The molecule has 0 aliphatic heterocycles. The maximum Gasteiger partial charge on any atom is 0.128 e. The van der Waals surface area contributed by atoms with Gasteiger partial charge < -0.3 is 5.73 Å². The lowest BCUT2D eigenvalue weighted by atomic mass is 9.95. The van der Waals surface area contributed by atoms with Crippen LogP contribution in [-0.4, -0.2) is 0 Å². The van der Waals surface area contributed by atoms with Gasteiger partial charge in [0.25, 0.3) is 0 Å². The molecule has 1 aliphatic rings. The Labute approximate surface area is 88.5 Å². The summed E-state index contributed by atoms with van der Waals surface area (Å²) in [6.07, 6.45) is 1.67. The molecule has 1 aromatic rings. The highest BCUT2D eigenvalue weighted by molar-refractivity contribution is 5.41. The van der Waals surface area contributed by atoms with Crippen molar-refractivity contribution in [1.82, 2.24) is 0 Å². The van der Waals surface area contributed by atoms with Crippen molar-refractivity contribution in [3.05, 3.63) is 35.1 Å². The normalized spacial score (nSPS) is 19.3. The molecule has 0 amide bonds. The van der Waals surface area contributed by atoms with Gasteiger partial charge in [0.15, 0.2) is 0 Å². The first-order valence-corrected chi connectivity index (χ1v) is 5.06. The molecule has 78 valence electrons. The predicted octanol–water partition coefficient (Wildman–Crippen LogP) is 2.40. The van der Waals surface area contributed by atoms with Crippen molar-refractivity contribution in [3.8, 4) is 6.07 Å². The Bertz CT molecular complexity index is 428. The molecule has 2 nitrogen and oxygen atoms in total. The fraction of sp³-hybridized carbons (Fsp3) is 0.417. The zero-order chi connectivity index (χ0) is 11.1. The van der Waals surface area contributed by atoms with Crippen LogP contribution in [0.1, 0.15) is 36.9 Å². The van der Waals surface area contributed by atoms with E-state index in [2.05, 4.69) is 6.07 Å². The summed E-state index contributed by atoms with van der Waals surface area (Å²) in [5, 5.41) is 8.98. The summed E-state index contributed by atoms with van der Waals surface area (Å²) in [5.41, 5.74) is 6.49. The van der Waals surface area contributed by atoms with Crippen LogP contribution >= 0.6 is 0 Å². The number of benzene rings is 1. The molecular formula is C12H13FN2. The van der Waals surface area contributed by atoms with Crippen LogP contribution in [0.5, 0.6) is 0 Å². The van der Waals surface area contributed by atoms with Crippen molar-refractivity contribution >= 4 is 0 Å². The Morgan fingerprint density at radius 1 is 1.53 bits per heavy atom. The van der Waals surface area contributed by atoms with E-state index >= 15 is 0 Å². The van der Waals surface area contributed by atoms with E-state index in [-0.39, 0.29) is 11.9 Å². The average molecular weight is 204 g/mol. The molecule has 0 radical (unpaired) electrons. The van der Waals surface area contributed by atoms with E-state index < -0.39 is 5.41 Å². The summed E-state index contributed by atoms with van der Waals surface area (Å²) in [6, 6.07) is 6.90. The van der Waals surface area contributed by atoms with Gasteiger partial charge in [0, 0.05) is 11.6 Å². The van der Waals surface area contributed by atoms with Gasteiger partial charge >= 0.3 is 0 Å². The molecule has 1 aromatic carbocycles. The third-order valence-corrected chi connectivity index (χ3v) is 3.01. The second-order valence-electron chi connectivity index (χ2n) is 4.22. The Morgan fingerprint density at radius 3 is 2.60 bits per heavy atom. The highest BCUT2D eigenvalue weighted by Gasteiger charge is 2.45. The van der Waals surface area contributed by atoms with Crippen molar-refractivity contribution in [2.75, 3.05) is 0 Å². The van der Waals surface area contributed by atoms with E-state index in [1.54, 1.807) is 13.0 Å². The summed E-state index contributed by atoms with van der Waals surface area (Å²) in [6.45, 7) is 1.75. The Balaban J connectivity index is 2.39. The largest absolute Gasteiger partial charge is 0.324 e. The lowest BCUT2D eigenvalue weighted by Crippen LogP contribution is -2.10. The third kappa shape index (κ3) is 1.62. The second kappa shape index (κ2) is 3.32. The SMILES string of the molecule is CC(N)c1ccc(C2(C#N)CC2)cc1F. The average Bonchev–Trinajstić information content (AvgIpc) is 2.97. The molecule has 1 saturated carbocycles. The van der Waals surface area contributed by atoms with E-state index in [1.807, 2.05) is 6.07 Å². The Kier molecular flexibility index (Phi) is 2.24. The first-order chi connectivity index (χ1) is 7.09. The zero-order valence-corrected chi connectivity index (χ0v) is 8.63. The van der Waals surface area contributed by atoms with Gasteiger partial charge in [-0.1, -0.05) is 12.1 Å². The van der Waals surface area contributed by atoms with Crippen LogP contribution < -0.4 is 5.73 Å². The maximum absolute atomic E-state index is 13.6. The van der Waals surface area contributed by atoms with Crippen LogP contribution in [-0.2, 0) is 5.41 Å². The highest BCUT2D eigenvalue weighted by Crippen LogP contribution is 2.47. The molecular weight excluding hydrogens is 191 g/mol. The molecule has 2 rings (SSSR count). The lowest BCUT2D eigenvalue weighted by Gasteiger charge is -2.11. The van der Waals surface area contributed by atoms with Gasteiger partial charge in [-0.25, -0.2) is 4.39 Å². The monoisotopic (exact) mass is 204 g/mol. The van der Waals surface area contributed by atoms with Gasteiger partial charge in [0.2, 0.25) is 0 Å². The van der Waals surface area contributed by atoms with E-state index in [0.29, 0.717) is 5.56 Å². The summed E-state index contributed by atoms with van der Waals surface area (Å²) in [7, 11) is 0. The number of nitrogens with two attached hydrogens (primary N) is 1. The quantitative estimate of drug-likeness (QED) is 0.804. The molecule has 1 atom stereocenters. The van der Waals surface area contributed by atoms with Crippen LogP contribution in [0.3, 0.4) is 0 Å². The maximum atomic E-state index is 13.6. The Hall–Kier alpha value is -1.40. The molecule has 2 N–H and O–H groups in total. The van der Waals surface area contributed by atoms with Crippen molar-refractivity contribution in [2.45, 2.75) is 31.2 Å². The number of hydrogen-bond donors (Lipinski definition) is 1. The van der Waals surface area contributed by atoms with E-state index in [4.69, 9.17) is 11.0 Å². The van der Waals surface area contributed by atoms with E-state index in [0.717, 1.165) is 18.4 Å². The minimum absolute atomic E-state index is 0.302. The Morgan fingerprint density at radius 2 is 2.20 bits per heavy atom. The lowest BCUT2D eigenvalue weighted by molar-refractivity contribution is 0.590. The van der Waals surface area contributed by atoms with Gasteiger partial charge in [0.05, 0.1) is 11.5 Å². The molecule has 3 heteroatoms. The molecule has 1 unspecified atom stereocenters. The topological polar surface area (TPSA) is 49.8 Å². The number of nitrogens with zero attached hydrogens (tertiary/aromatic N) is 1. The van der Waals surface area contributed by atoms with Crippen LogP contribution in [0.4, 0.5) is 4.39 Å². The molecule has 0 bridgehead atoms. The fourth-order valence-corrected chi connectivity index (χ4v) is 1.78. The van der Waals surface area contributed by atoms with Crippen LogP contribution in [0.25, 0.3) is 0 Å². The van der Waals surface area contributed by atoms with Crippen LogP contribution in [0.15, 0.2) is 18.2 Å². The first-order valence-electron chi connectivity index (χ1n) is 5.06. The van der Waals surface area contributed by atoms with E-state index in [9.17, 15) is 4.39 Å². The standard InChI is InChI=1S/C12H13FN2/c1-8(15)10-3-2-9(6-11(10)13)12(7-14)4-5-12/h2-3,6,8H,4-5,15H2,1H3. The predicted molar refractivity (Wildman–Crippen MR) is 55.5 cm³/mol. The number of rotatable bonds is 2. The third-order valence-electron chi connectivity index (χ3n) is 3.01. The minimum Gasteiger partial charge on any atom is -0.324 e. The van der Waals surface area contributed by atoms with Gasteiger partial charge in [-0.3, -0.25) is 0 Å². The number of nitriles is 1. The zero-order valence-electron chi connectivity index (χ0n) is 8.63. The number of hydrogen-bond acceptors (Lipinski definition) is 2.